The number of H-pyrrole nitrogens is 1. The molecule has 1 aromatic heterocycles. The van der Waals surface area contributed by atoms with Crippen molar-refractivity contribution in [1.82, 2.24) is 20.7 Å². The molecule has 1 aliphatic heterocycles. The third-order valence-electron chi connectivity index (χ3n) is 5.16. The fourth-order valence-electron chi connectivity index (χ4n) is 3.68. The maximum atomic E-state index is 12.3. The first-order valence-electron chi connectivity index (χ1n) is 9.18. The fourth-order valence-corrected chi connectivity index (χ4v) is 3.68. The van der Waals surface area contributed by atoms with Crippen LogP contribution in [0.4, 0.5) is 4.79 Å². The van der Waals surface area contributed by atoms with Crippen molar-refractivity contribution in [1.29, 1.82) is 0 Å². The van der Waals surface area contributed by atoms with Crippen LogP contribution in [0.25, 0.3) is 10.9 Å². The molecule has 0 radical (unpaired) electrons. The number of carbonyl (C=O) groups is 2. The second-order valence-corrected chi connectivity index (χ2v) is 6.80. The van der Waals surface area contributed by atoms with Crippen LogP contribution in [0.3, 0.4) is 0 Å². The first-order chi connectivity index (χ1) is 13.2. The SMILES string of the molecule is O=C(NNC(=O)N1CCC(c2c[nH]c3ccccc23)CC1)c1ccccc1. The summed E-state index contributed by atoms with van der Waals surface area (Å²) in [6.45, 7) is 1.33. The number of hydrogen-bond donors (Lipinski definition) is 3. The zero-order valence-corrected chi connectivity index (χ0v) is 14.9. The van der Waals surface area contributed by atoms with Crippen LogP contribution in [0.5, 0.6) is 0 Å². The average molecular weight is 362 g/mol. The number of benzene rings is 2. The quantitative estimate of drug-likeness (QED) is 0.611. The van der Waals surface area contributed by atoms with E-state index in [0.29, 0.717) is 24.6 Å². The number of para-hydroxylation sites is 1. The van der Waals surface area contributed by atoms with Crippen LogP contribution in [0.15, 0.2) is 60.8 Å². The Morgan fingerprint density at radius 2 is 1.63 bits per heavy atom. The van der Waals surface area contributed by atoms with Gasteiger partial charge < -0.3 is 9.88 Å². The monoisotopic (exact) mass is 362 g/mol. The van der Waals surface area contributed by atoms with Gasteiger partial charge in [-0.3, -0.25) is 10.2 Å². The molecule has 1 aliphatic rings. The van der Waals surface area contributed by atoms with Crippen LogP contribution in [-0.2, 0) is 0 Å². The fraction of sp³-hybridized carbons (Fsp3) is 0.238. The third kappa shape index (κ3) is 3.65. The zero-order chi connectivity index (χ0) is 18.6. The van der Waals surface area contributed by atoms with Crippen LogP contribution >= 0.6 is 0 Å². The number of aromatic nitrogens is 1. The number of hydrogen-bond acceptors (Lipinski definition) is 2. The van der Waals surface area contributed by atoms with Crippen molar-refractivity contribution in [2.75, 3.05) is 13.1 Å². The molecular formula is C21H22N4O2. The maximum absolute atomic E-state index is 12.3. The number of carbonyl (C=O) groups excluding carboxylic acids is 2. The average Bonchev–Trinajstić information content (AvgIpc) is 3.16. The van der Waals surface area contributed by atoms with E-state index in [1.54, 1.807) is 29.2 Å². The standard InChI is InChI=1S/C21H22N4O2/c26-20(16-6-2-1-3-7-16)23-24-21(27)25-12-10-15(11-13-25)18-14-22-19-9-5-4-8-17(18)19/h1-9,14-15,22H,10-13H2,(H,23,26)(H,24,27). The van der Waals surface area contributed by atoms with E-state index in [1.165, 1.54) is 10.9 Å². The molecule has 0 aliphatic carbocycles. The summed E-state index contributed by atoms with van der Waals surface area (Å²) in [5.74, 6) is 0.113. The lowest BCUT2D eigenvalue weighted by atomic mass is 9.89. The molecule has 3 amide bonds. The highest BCUT2D eigenvalue weighted by atomic mass is 16.2. The Morgan fingerprint density at radius 3 is 2.41 bits per heavy atom. The Bertz CT molecular complexity index is 943. The summed E-state index contributed by atoms with van der Waals surface area (Å²) in [4.78, 5) is 29.4. The molecule has 6 heteroatoms. The first-order valence-corrected chi connectivity index (χ1v) is 9.18. The molecular weight excluding hydrogens is 340 g/mol. The molecule has 0 atom stereocenters. The normalized spacial score (nSPS) is 14.9. The minimum absolute atomic E-state index is 0.267. The summed E-state index contributed by atoms with van der Waals surface area (Å²) in [5.41, 5.74) is 7.97. The van der Waals surface area contributed by atoms with Crippen LogP contribution in [0.2, 0.25) is 0 Å². The number of amides is 3. The van der Waals surface area contributed by atoms with E-state index in [0.717, 1.165) is 18.4 Å². The smallest absolute Gasteiger partial charge is 0.336 e. The van der Waals surface area contributed by atoms with Gasteiger partial charge in [-0.05, 0) is 42.5 Å². The summed E-state index contributed by atoms with van der Waals surface area (Å²) in [5, 5.41) is 1.26. The van der Waals surface area contributed by atoms with Crippen molar-refractivity contribution in [3.8, 4) is 0 Å². The molecule has 1 saturated heterocycles. The molecule has 3 N–H and O–H groups in total. The van der Waals surface area contributed by atoms with E-state index in [-0.39, 0.29) is 11.9 Å². The highest BCUT2D eigenvalue weighted by Crippen LogP contribution is 2.32. The Labute approximate surface area is 157 Å². The minimum Gasteiger partial charge on any atom is -0.361 e. The predicted molar refractivity (Wildman–Crippen MR) is 104 cm³/mol. The highest BCUT2D eigenvalue weighted by molar-refractivity contribution is 5.95. The third-order valence-corrected chi connectivity index (χ3v) is 5.16. The summed E-state index contributed by atoms with van der Waals surface area (Å²) in [7, 11) is 0. The predicted octanol–water partition coefficient (Wildman–Crippen LogP) is 3.40. The van der Waals surface area contributed by atoms with Crippen molar-refractivity contribution in [3.05, 3.63) is 71.9 Å². The van der Waals surface area contributed by atoms with Gasteiger partial charge >= 0.3 is 6.03 Å². The molecule has 2 aromatic carbocycles. The molecule has 2 heterocycles. The highest BCUT2D eigenvalue weighted by Gasteiger charge is 2.25. The summed E-state index contributed by atoms with van der Waals surface area (Å²) in [6, 6.07) is 16.8. The van der Waals surface area contributed by atoms with Crippen LogP contribution in [0.1, 0.15) is 34.7 Å². The van der Waals surface area contributed by atoms with E-state index < -0.39 is 0 Å². The second kappa shape index (κ2) is 7.53. The van der Waals surface area contributed by atoms with Gasteiger partial charge in [-0.2, -0.15) is 0 Å². The molecule has 0 unspecified atom stereocenters. The van der Waals surface area contributed by atoms with Gasteiger partial charge in [0.2, 0.25) is 0 Å². The van der Waals surface area contributed by atoms with E-state index >= 15 is 0 Å². The van der Waals surface area contributed by atoms with Gasteiger partial charge in [0.15, 0.2) is 0 Å². The zero-order valence-electron chi connectivity index (χ0n) is 14.9. The van der Waals surface area contributed by atoms with Gasteiger partial charge in [-0.15, -0.1) is 0 Å². The number of rotatable bonds is 2. The number of hydrazine groups is 1. The molecule has 138 valence electrons. The molecule has 6 nitrogen and oxygen atoms in total. The van der Waals surface area contributed by atoms with Gasteiger partial charge in [0.25, 0.3) is 5.91 Å². The Hall–Kier alpha value is -3.28. The number of nitrogens with zero attached hydrogens (tertiary/aromatic N) is 1. The van der Waals surface area contributed by atoms with Gasteiger partial charge in [-0.25, -0.2) is 10.2 Å². The van der Waals surface area contributed by atoms with Gasteiger partial charge in [0.05, 0.1) is 0 Å². The maximum Gasteiger partial charge on any atom is 0.336 e. The molecule has 0 spiro atoms. The topological polar surface area (TPSA) is 77.2 Å². The van der Waals surface area contributed by atoms with E-state index in [1.807, 2.05) is 12.1 Å². The number of nitrogens with one attached hydrogen (secondary N) is 3. The van der Waals surface area contributed by atoms with Crippen molar-refractivity contribution >= 4 is 22.8 Å². The van der Waals surface area contributed by atoms with Crippen molar-refractivity contribution in [3.63, 3.8) is 0 Å². The number of aromatic amines is 1. The first kappa shape index (κ1) is 17.1. The Kier molecular flexibility index (Phi) is 4.78. The molecule has 1 fully saturated rings. The minimum atomic E-state index is -0.322. The molecule has 4 rings (SSSR count). The van der Waals surface area contributed by atoms with Gasteiger partial charge in [0.1, 0.15) is 0 Å². The van der Waals surface area contributed by atoms with E-state index in [9.17, 15) is 9.59 Å². The van der Waals surface area contributed by atoms with E-state index in [4.69, 9.17) is 0 Å². The lowest BCUT2D eigenvalue weighted by Crippen LogP contribution is -2.50. The van der Waals surface area contributed by atoms with Gasteiger partial charge in [0, 0.05) is 35.8 Å². The summed E-state index contributed by atoms with van der Waals surface area (Å²) < 4.78 is 0. The lowest BCUT2D eigenvalue weighted by Gasteiger charge is -2.32. The van der Waals surface area contributed by atoms with Crippen LogP contribution < -0.4 is 10.9 Å². The van der Waals surface area contributed by atoms with Crippen molar-refractivity contribution in [2.24, 2.45) is 0 Å². The number of likely N-dealkylation sites (tertiary alicyclic amines) is 1. The molecule has 3 aromatic rings. The summed E-state index contributed by atoms with van der Waals surface area (Å²) in [6.07, 6.45) is 3.90. The second-order valence-electron chi connectivity index (χ2n) is 6.80. The number of piperidine rings is 1. The Balaban J connectivity index is 1.31. The van der Waals surface area contributed by atoms with Crippen molar-refractivity contribution in [2.45, 2.75) is 18.8 Å². The van der Waals surface area contributed by atoms with Crippen molar-refractivity contribution < 1.29 is 9.59 Å². The Morgan fingerprint density at radius 1 is 0.926 bits per heavy atom. The molecule has 27 heavy (non-hydrogen) atoms. The van der Waals surface area contributed by atoms with E-state index in [2.05, 4.69) is 40.2 Å². The summed E-state index contributed by atoms with van der Waals surface area (Å²) >= 11 is 0. The molecule has 0 saturated carbocycles. The number of fused-ring (bicyclic) bond motifs is 1. The lowest BCUT2D eigenvalue weighted by molar-refractivity contribution is 0.0927. The molecule has 0 bridgehead atoms. The number of urea groups is 1. The largest absolute Gasteiger partial charge is 0.361 e. The van der Waals surface area contributed by atoms with Crippen LogP contribution in [-0.4, -0.2) is 34.9 Å². The van der Waals surface area contributed by atoms with Crippen LogP contribution in [0, 0.1) is 0 Å². The van der Waals surface area contributed by atoms with Gasteiger partial charge in [-0.1, -0.05) is 36.4 Å².